The van der Waals surface area contributed by atoms with Gasteiger partial charge in [-0.05, 0) is 55.3 Å². The van der Waals surface area contributed by atoms with Crippen LogP contribution in [0.15, 0.2) is 73.1 Å². The van der Waals surface area contributed by atoms with Gasteiger partial charge in [-0.1, -0.05) is 35.9 Å². The van der Waals surface area contributed by atoms with Gasteiger partial charge < -0.3 is 19.2 Å². The summed E-state index contributed by atoms with van der Waals surface area (Å²) in [5.74, 6) is 0.606. The summed E-state index contributed by atoms with van der Waals surface area (Å²) in [6.45, 7) is 8.18. The summed E-state index contributed by atoms with van der Waals surface area (Å²) in [6.07, 6.45) is 3.96. The Balaban J connectivity index is 1.20. The van der Waals surface area contributed by atoms with Crippen LogP contribution < -0.4 is 10.1 Å². The van der Waals surface area contributed by atoms with Crippen LogP contribution in [0.25, 0.3) is 5.65 Å². The molecule has 1 fully saturated rings. The SMILES string of the molecule is Cc1cccc(C(CNC(=O)c2ccc(OCc3cn4cccc(C)c4n3)cc2)N2CCOCC2)c1. The lowest BCUT2D eigenvalue weighted by molar-refractivity contribution is 0.0162. The van der Waals surface area contributed by atoms with Crippen LogP contribution in [0.5, 0.6) is 5.75 Å². The quantitative estimate of drug-likeness (QED) is 0.403. The van der Waals surface area contributed by atoms with Gasteiger partial charge in [0.2, 0.25) is 0 Å². The number of aromatic nitrogens is 2. The molecule has 1 amide bonds. The molecule has 0 aliphatic carbocycles. The van der Waals surface area contributed by atoms with Crippen molar-refractivity contribution in [3.05, 3.63) is 101 Å². The summed E-state index contributed by atoms with van der Waals surface area (Å²) >= 11 is 0. The van der Waals surface area contributed by atoms with Gasteiger partial charge in [0.15, 0.2) is 0 Å². The Morgan fingerprint density at radius 3 is 2.64 bits per heavy atom. The van der Waals surface area contributed by atoms with Gasteiger partial charge in [0.1, 0.15) is 18.0 Å². The molecule has 4 aromatic rings. The van der Waals surface area contributed by atoms with Crippen LogP contribution in [0.3, 0.4) is 0 Å². The molecule has 1 aliphatic rings. The molecule has 0 spiro atoms. The molecular formula is C29H32N4O3. The first-order valence-electron chi connectivity index (χ1n) is 12.4. The summed E-state index contributed by atoms with van der Waals surface area (Å²) in [4.78, 5) is 20.0. The summed E-state index contributed by atoms with van der Waals surface area (Å²) < 4.78 is 13.5. The first-order valence-corrected chi connectivity index (χ1v) is 12.4. The van der Waals surface area contributed by atoms with Gasteiger partial charge in [-0.2, -0.15) is 0 Å². The Kier molecular flexibility index (Phi) is 7.30. The molecule has 7 heteroatoms. The molecule has 1 unspecified atom stereocenters. The van der Waals surface area contributed by atoms with Crippen LogP contribution in [0.2, 0.25) is 0 Å². The fraction of sp³-hybridized carbons (Fsp3) is 0.310. The van der Waals surface area contributed by atoms with Crippen molar-refractivity contribution in [1.29, 1.82) is 0 Å². The van der Waals surface area contributed by atoms with Gasteiger partial charge in [0.25, 0.3) is 5.91 Å². The zero-order valence-electron chi connectivity index (χ0n) is 20.8. The maximum absolute atomic E-state index is 12.9. The number of nitrogens with zero attached hydrogens (tertiary/aromatic N) is 3. The summed E-state index contributed by atoms with van der Waals surface area (Å²) in [5, 5.41) is 3.14. The summed E-state index contributed by atoms with van der Waals surface area (Å²) in [6, 6.07) is 19.9. The van der Waals surface area contributed by atoms with Crippen LogP contribution in [0.4, 0.5) is 0 Å². The van der Waals surface area contributed by atoms with Gasteiger partial charge in [0.05, 0.1) is 24.9 Å². The largest absolute Gasteiger partial charge is 0.487 e. The minimum atomic E-state index is -0.0942. The van der Waals surface area contributed by atoms with E-state index >= 15 is 0 Å². The van der Waals surface area contributed by atoms with Gasteiger partial charge in [0, 0.05) is 37.6 Å². The highest BCUT2D eigenvalue weighted by atomic mass is 16.5. The van der Waals surface area contributed by atoms with Crippen LogP contribution in [-0.4, -0.2) is 53.0 Å². The summed E-state index contributed by atoms with van der Waals surface area (Å²) in [7, 11) is 0. The van der Waals surface area contributed by atoms with Crippen molar-refractivity contribution >= 4 is 11.6 Å². The number of benzene rings is 2. The molecular weight excluding hydrogens is 452 g/mol. The predicted molar refractivity (Wildman–Crippen MR) is 139 cm³/mol. The van der Waals surface area contributed by atoms with E-state index in [0.29, 0.717) is 37.7 Å². The van der Waals surface area contributed by atoms with E-state index in [2.05, 4.69) is 46.4 Å². The molecule has 186 valence electrons. The van der Waals surface area contributed by atoms with Crippen molar-refractivity contribution in [2.75, 3.05) is 32.8 Å². The lowest BCUT2D eigenvalue weighted by atomic mass is 10.0. The van der Waals surface area contributed by atoms with Crippen molar-refractivity contribution in [3.8, 4) is 5.75 Å². The number of amides is 1. The number of ether oxygens (including phenoxy) is 2. The Labute approximate surface area is 211 Å². The predicted octanol–water partition coefficient (Wildman–Crippen LogP) is 4.33. The van der Waals surface area contributed by atoms with Crippen LogP contribution in [0.1, 0.15) is 38.8 Å². The first kappa shape index (κ1) is 24.0. The van der Waals surface area contributed by atoms with Crippen molar-refractivity contribution in [3.63, 3.8) is 0 Å². The molecule has 1 saturated heterocycles. The topological polar surface area (TPSA) is 68.1 Å². The lowest BCUT2D eigenvalue weighted by Crippen LogP contribution is -2.43. The van der Waals surface area contributed by atoms with E-state index in [4.69, 9.17) is 9.47 Å². The molecule has 3 heterocycles. The molecule has 0 bridgehead atoms. The minimum Gasteiger partial charge on any atom is -0.487 e. The highest BCUT2D eigenvalue weighted by Crippen LogP contribution is 2.23. The van der Waals surface area contributed by atoms with E-state index in [-0.39, 0.29) is 11.9 Å². The van der Waals surface area contributed by atoms with Crippen molar-refractivity contribution in [1.82, 2.24) is 19.6 Å². The third kappa shape index (κ3) is 5.58. The Morgan fingerprint density at radius 1 is 1.08 bits per heavy atom. The number of morpholine rings is 1. The number of nitrogens with one attached hydrogen (secondary N) is 1. The fourth-order valence-corrected chi connectivity index (χ4v) is 4.65. The number of fused-ring (bicyclic) bond motifs is 1. The number of pyridine rings is 1. The van der Waals surface area contributed by atoms with Gasteiger partial charge in [-0.3, -0.25) is 9.69 Å². The second kappa shape index (κ2) is 10.9. The van der Waals surface area contributed by atoms with Gasteiger partial charge >= 0.3 is 0 Å². The van der Waals surface area contributed by atoms with E-state index in [1.165, 1.54) is 11.1 Å². The second-order valence-electron chi connectivity index (χ2n) is 9.26. The monoisotopic (exact) mass is 484 g/mol. The molecule has 7 nitrogen and oxygen atoms in total. The van der Waals surface area contributed by atoms with E-state index in [1.807, 2.05) is 48.0 Å². The van der Waals surface area contributed by atoms with E-state index in [9.17, 15) is 4.79 Å². The molecule has 1 aliphatic heterocycles. The van der Waals surface area contributed by atoms with Crippen molar-refractivity contribution in [2.45, 2.75) is 26.5 Å². The van der Waals surface area contributed by atoms with E-state index < -0.39 is 0 Å². The number of rotatable bonds is 8. The molecule has 36 heavy (non-hydrogen) atoms. The molecule has 5 rings (SSSR count). The van der Waals surface area contributed by atoms with Crippen LogP contribution in [0, 0.1) is 13.8 Å². The van der Waals surface area contributed by atoms with Crippen LogP contribution >= 0.6 is 0 Å². The van der Waals surface area contributed by atoms with Crippen molar-refractivity contribution in [2.24, 2.45) is 0 Å². The van der Waals surface area contributed by atoms with Gasteiger partial charge in [-0.25, -0.2) is 4.98 Å². The maximum atomic E-state index is 12.9. The second-order valence-corrected chi connectivity index (χ2v) is 9.26. The Hall–Kier alpha value is -3.68. The zero-order valence-corrected chi connectivity index (χ0v) is 20.8. The number of carbonyl (C=O) groups is 1. The average Bonchev–Trinajstić information content (AvgIpc) is 3.33. The Bertz CT molecular complexity index is 1330. The molecule has 0 radical (unpaired) electrons. The Morgan fingerprint density at radius 2 is 1.89 bits per heavy atom. The third-order valence-corrected chi connectivity index (χ3v) is 6.60. The number of hydrogen-bond acceptors (Lipinski definition) is 5. The zero-order chi connectivity index (χ0) is 24.9. The molecule has 1 N–H and O–H groups in total. The smallest absolute Gasteiger partial charge is 0.251 e. The van der Waals surface area contributed by atoms with Crippen LogP contribution in [-0.2, 0) is 11.3 Å². The molecule has 2 aromatic heterocycles. The van der Waals surface area contributed by atoms with Gasteiger partial charge in [-0.15, -0.1) is 0 Å². The minimum absolute atomic E-state index is 0.0942. The molecule has 0 saturated carbocycles. The number of carbonyl (C=O) groups excluding carboxylic acids is 1. The molecule has 1 atom stereocenters. The third-order valence-electron chi connectivity index (χ3n) is 6.60. The normalized spacial score (nSPS) is 15.1. The number of hydrogen-bond donors (Lipinski definition) is 1. The highest BCUT2D eigenvalue weighted by molar-refractivity contribution is 5.94. The average molecular weight is 485 g/mol. The summed E-state index contributed by atoms with van der Waals surface area (Å²) in [5.41, 5.74) is 5.95. The standard InChI is InChI=1S/C29H32N4O3/c1-21-5-3-7-24(17-21)27(32-13-15-35-16-14-32)18-30-29(34)23-8-10-26(11-9-23)36-20-25-19-33-12-4-6-22(2)28(33)31-25/h3-12,17,19,27H,13-16,18,20H2,1-2H3,(H,30,34). The highest BCUT2D eigenvalue weighted by Gasteiger charge is 2.23. The molecule has 2 aromatic carbocycles. The maximum Gasteiger partial charge on any atom is 0.251 e. The van der Waals surface area contributed by atoms with Crippen molar-refractivity contribution < 1.29 is 14.3 Å². The van der Waals surface area contributed by atoms with E-state index in [1.54, 1.807) is 12.1 Å². The first-order chi connectivity index (χ1) is 17.6. The lowest BCUT2D eigenvalue weighted by Gasteiger charge is -2.35. The van der Waals surface area contributed by atoms with E-state index in [0.717, 1.165) is 30.0 Å². The number of aryl methyl sites for hydroxylation is 2. The number of imidazole rings is 1. The fourth-order valence-electron chi connectivity index (χ4n) is 4.65.